The van der Waals surface area contributed by atoms with Crippen LogP contribution in [0.1, 0.15) is 10.4 Å². The third-order valence-electron chi connectivity index (χ3n) is 1.82. The maximum absolute atomic E-state index is 11.6. The Labute approximate surface area is 96.4 Å². The van der Waals surface area contributed by atoms with E-state index in [9.17, 15) is 14.4 Å². The molecule has 0 heterocycles. The highest BCUT2D eigenvalue weighted by molar-refractivity contribution is 6.29. The van der Waals surface area contributed by atoms with Crippen LogP contribution in [0.15, 0.2) is 24.3 Å². The number of esters is 1. The molecule has 0 fully saturated rings. The summed E-state index contributed by atoms with van der Waals surface area (Å²) < 4.78 is 4.54. The summed E-state index contributed by atoms with van der Waals surface area (Å²) in [5.74, 6) is 1.30. The van der Waals surface area contributed by atoms with Gasteiger partial charge in [-0.15, -0.1) is 0 Å². The van der Waals surface area contributed by atoms with Gasteiger partial charge in [0.2, 0.25) is 0 Å². The smallest absolute Gasteiger partial charge is 0.422 e. The van der Waals surface area contributed by atoms with E-state index in [0.717, 1.165) is 5.01 Å². The molecule has 1 rings (SSSR count). The summed E-state index contributed by atoms with van der Waals surface area (Å²) in [7, 11) is 1.32. The molecule has 1 amide bonds. The number of aliphatic carboxylic acids is 1. The Bertz CT molecular complexity index is 470. The van der Waals surface area contributed by atoms with Gasteiger partial charge in [0.05, 0.1) is 5.56 Å². The van der Waals surface area contributed by atoms with E-state index in [-0.39, 0.29) is 11.3 Å². The van der Waals surface area contributed by atoms with Crippen molar-refractivity contribution >= 4 is 17.8 Å². The van der Waals surface area contributed by atoms with E-state index in [1.807, 2.05) is 0 Å². The molecule has 0 aliphatic rings. The van der Waals surface area contributed by atoms with Crippen molar-refractivity contribution in [2.24, 2.45) is 5.84 Å². The minimum absolute atomic E-state index is 0.00657. The Balaban J connectivity index is 3.04. The number of para-hydroxylation sites is 1. The Hall–Kier alpha value is -2.41. The van der Waals surface area contributed by atoms with Gasteiger partial charge in [0, 0.05) is 7.05 Å². The van der Waals surface area contributed by atoms with E-state index in [0.29, 0.717) is 0 Å². The lowest BCUT2D eigenvalue weighted by Crippen LogP contribution is -2.33. The summed E-state index contributed by atoms with van der Waals surface area (Å²) in [4.78, 5) is 32.8. The van der Waals surface area contributed by atoms with Crippen LogP contribution in [0.5, 0.6) is 5.75 Å². The monoisotopic (exact) mass is 238 g/mol. The second-order valence-electron chi connectivity index (χ2n) is 3.11. The molecule has 90 valence electrons. The molecule has 17 heavy (non-hydrogen) atoms. The molecule has 0 saturated heterocycles. The SMILES string of the molecule is CN(N)C(=O)c1ccccc1OC(=O)C(=O)O. The van der Waals surface area contributed by atoms with Gasteiger partial charge in [0.25, 0.3) is 5.91 Å². The fraction of sp³-hybridized carbons (Fsp3) is 0.100. The van der Waals surface area contributed by atoms with Crippen molar-refractivity contribution in [3.63, 3.8) is 0 Å². The average Bonchev–Trinajstić information content (AvgIpc) is 2.28. The highest BCUT2D eigenvalue weighted by Gasteiger charge is 2.20. The van der Waals surface area contributed by atoms with E-state index < -0.39 is 17.8 Å². The van der Waals surface area contributed by atoms with Gasteiger partial charge in [-0.1, -0.05) is 12.1 Å². The quantitative estimate of drug-likeness (QED) is 0.181. The highest BCUT2D eigenvalue weighted by atomic mass is 16.6. The first-order chi connectivity index (χ1) is 7.93. The van der Waals surface area contributed by atoms with Crippen molar-refractivity contribution in [1.82, 2.24) is 5.01 Å². The van der Waals surface area contributed by atoms with Gasteiger partial charge in [0.15, 0.2) is 0 Å². The zero-order valence-corrected chi connectivity index (χ0v) is 8.91. The number of rotatable bonds is 2. The Morgan fingerprint density at radius 1 is 1.29 bits per heavy atom. The second kappa shape index (κ2) is 5.08. The van der Waals surface area contributed by atoms with Gasteiger partial charge in [-0.3, -0.25) is 9.80 Å². The molecule has 7 nitrogen and oxygen atoms in total. The lowest BCUT2D eigenvalue weighted by molar-refractivity contribution is -0.158. The molecule has 1 aromatic rings. The molecule has 0 saturated carbocycles. The zero-order valence-electron chi connectivity index (χ0n) is 8.91. The van der Waals surface area contributed by atoms with Crippen molar-refractivity contribution < 1.29 is 24.2 Å². The van der Waals surface area contributed by atoms with Crippen molar-refractivity contribution in [2.75, 3.05) is 7.05 Å². The molecule has 0 unspecified atom stereocenters. The van der Waals surface area contributed by atoms with E-state index in [2.05, 4.69) is 4.74 Å². The van der Waals surface area contributed by atoms with Gasteiger partial charge >= 0.3 is 11.9 Å². The number of hydrogen-bond acceptors (Lipinski definition) is 5. The maximum atomic E-state index is 11.6. The lowest BCUT2D eigenvalue weighted by Gasteiger charge is -2.12. The number of hydrazine groups is 1. The summed E-state index contributed by atoms with van der Waals surface area (Å²) in [5.41, 5.74) is 0.00657. The van der Waals surface area contributed by atoms with Crippen molar-refractivity contribution in [3.8, 4) is 5.75 Å². The molecule has 0 aliphatic heterocycles. The molecule has 0 spiro atoms. The summed E-state index contributed by atoms with van der Waals surface area (Å²) >= 11 is 0. The molecule has 0 aliphatic carbocycles. The Morgan fingerprint density at radius 2 is 1.88 bits per heavy atom. The van der Waals surface area contributed by atoms with E-state index >= 15 is 0 Å². The van der Waals surface area contributed by atoms with Crippen LogP contribution in [0.25, 0.3) is 0 Å². The number of carbonyl (C=O) groups is 3. The van der Waals surface area contributed by atoms with E-state index in [4.69, 9.17) is 10.9 Å². The van der Waals surface area contributed by atoms with Crippen LogP contribution in [0.4, 0.5) is 0 Å². The van der Waals surface area contributed by atoms with Crippen LogP contribution in [0, 0.1) is 0 Å². The largest absolute Gasteiger partial charge is 0.473 e. The molecule has 0 radical (unpaired) electrons. The normalized spacial score (nSPS) is 9.53. The summed E-state index contributed by atoms with van der Waals surface area (Å²) in [6.45, 7) is 0. The molecule has 0 atom stereocenters. The average molecular weight is 238 g/mol. The lowest BCUT2D eigenvalue weighted by atomic mass is 10.2. The topological polar surface area (TPSA) is 110 Å². The molecule has 7 heteroatoms. The minimum Gasteiger partial charge on any atom is -0.473 e. The number of hydrogen-bond donors (Lipinski definition) is 2. The number of carboxylic acids is 1. The number of carbonyl (C=O) groups excluding carboxylic acids is 2. The predicted molar refractivity (Wildman–Crippen MR) is 56.0 cm³/mol. The van der Waals surface area contributed by atoms with Gasteiger partial charge in [-0.05, 0) is 12.1 Å². The molecule has 3 N–H and O–H groups in total. The maximum Gasteiger partial charge on any atom is 0.422 e. The first-order valence-electron chi connectivity index (χ1n) is 4.50. The summed E-state index contributed by atoms with van der Waals surface area (Å²) in [6, 6.07) is 5.71. The number of nitrogens with zero attached hydrogens (tertiary/aromatic N) is 1. The number of ether oxygens (including phenoxy) is 1. The van der Waals surface area contributed by atoms with Crippen LogP contribution < -0.4 is 10.6 Å². The van der Waals surface area contributed by atoms with E-state index in [1.165, 1.54) is 31.3 Å². The van der Waals surface area contributed by atoms with Gasteiger partial charge in [0.1, 0.15) is 5.75 Å². The third kappa shape index (κ3) is 3.02. The minimum atomic E-state index is -1.74. The zero-order chi connectivity index (χ0) is 13.0. The highest BCUT2D eigenvalue weighted by Crippen LogP contribution is 2.18. The van der Waals surface area contributed by atoms with Crippen molar-refractivity contribution in [1.29, 1.82) is 0 Å². The first-order valence-corrected chi connectivity index (χ1v) is 4.50. The summed E-state index contributed by atoms with van der Waals surface area (Å²) in [5, 5.41) is 9.19. The Morgan fingerprint density at radius 3 is 2.41 bits per heavy atom. The molecule has 1 aromatic carbocycles. The Kier molecular flexibility index (Phi) is 3.78. The fourth-order valence-corrected chi connectivity index (χ4v) is 1.07. The molecular weight excluding hydrogens is 228 g/mol. The van der Waals surface area contributed by atoms with Crippen molar-refractivity contribution in [2.45, 2.75) is 0 Å². The molecule has 0 aromatic heterocycles. The third-order valence-corrected chi connectivity index (χ3v) is 1.82. The number of amides is 1. The second-order valence-corrected chi connectivity index (χ2v) is 3.11. The predicted octanol–water partition coefficient (Wildman–Crippen LogP) is -0.378. The summed E-state index contributed by atoms with van der Waals surface area (Å²) in [6.07, 6.45) is 0. The van der Waals surface area contributed by atoms with Gasteiger partial charge < -0.3 is 9.84 Å². The molecule has 0 bridgehead atoms. The van der Waals surface area contributed by atoms with Crippen LogP contribution in [0.2, 0.25) is 0 Å². The van der Waals surface area contributed by atoms with Crippen LogP contribution >= 0.6 is 0 Å². The number of nitrogens with two attached hydrogens (primary N) is 1. The van der Waals surface area contributed by atoms with Crippen molar-refractivity contribution in [3.05, 3.63) is 29.8 Å². The standard InChI is InChI=1S/C10H10N2O5/c1-12(11)8(13)6-4-2-3-5-7(6)17-10(16)9(14)15/h2-5H,11H2,1H3,(H,14,15). The first kappa shape index (κ1) is 12.7. The van der Waals surface area contributed by atoms with Gasteiger partial charge in [-0.2, -0.15) is 0 Å². The van der Waals surface area contributed by atoms with E-state index in [1.54, 1.807) is 0 Å². The molecular formula is C10H10N2O5. The number of carboxylic acid groups (broad SMARTS) is 1. The van der Waals surface area contributed by atoms with Crippen LogP contribution in [0.3, 0.4) is 0 Å². The van der Waals surface area contributed by atoms with Crippen LogP contribution in [-0.4, -0.2) is 35.0 Å². The number of benzene rings is 1. The fourth-order valence-electron chi connectivity index (χ4n) is 1.07. The van der Waals surface area contributed by atoms with Crippen LogP contribution in [-0.2, 0) is 9.59 Å². The van der Waals surface area contributed by atoms with Gasteiger partial charge in [-0.25, -0.2) is 15.4 Å².